The number of likely N-dealkylation sites (tertiary alicyclic amines) is 1. The summed E-state index contributed by atoms with van der Waals surface area (Å²) in [5, 5.41) is 11.3. The lowest BCUT2D eigenvalue weighted by molar-refractivity contribution is -0.140. The second kappa shape index (κ2) is 8.67. The lowest BCUT2D eigenvalue weighted by atomic mass is 9.93. The van der Waals surface area contributed by atoms with E-state index in [2.05, 4.69) is 4.98 Å². The number of ketones is 1. The average Bonchev–Trinajstić information content (AvgIpc) is 3.06. The standard InChI is InChI=1S/C26H24N2O4/c1-16-7-8-17(2)21(13-16)24(29)22-23(19-5-4-6-20(14-19)32-3)28(26(31)25(22)30)15-18-9-11-27-12-10-18/h4-14,23,29H,15H2,1-3H3. The Morgan fingerprint density at radius 3 is 2.53 bits per heavy atom. The summed E-state index contributed by atoms with van der Waals surface area (Å²) in [6, 6.07) is 15.7. The van der Waals surface area contributed by atoms with E-state index < -0.39 is 17.7 Å². The molecule has 1 fully saturated rings. The van der Waals surface area contributed by atoms with E-state index in [0.717, 1.165) is 16.7 Å². The second-order valence-corrected chi connectivity index (χ2v) is 7.88. The number of hydrogen-bond acceptors (Lipinski definition) is 5. The summed E-state index contributed by atoms with van der Waals surface area (Å²) in [6.07, 6.45) is 3.28. The summed E-state index contributed by atoms with van der Waals surface area (Å²) in [5.41, 5.74) is 3.90. The van der Waals surface area contributed by atoms with Crippen LogP contribution in [0.1, 0.15) is 33.9 Å². The van der Waals surface area contributed by atoms with Gasteiger partial charge >= 0.3 is 0 Å². The molecule has 1 amide bonds. The molecule has 32 heavy (non-hydrogen) atoms. The van der Waals surface area contributed by atoms with Gasteiger partial charge in [0.2, 0.25) is 0 Å². The molecule has 0 bridgehead atoms. The molecule has 1 unspecified atom stereocenters. The molecule has 1 aliphatic rings. The van der Waals surface area contributed by atoms with Crippen LogP contribution in [0, 0.1) is 13.8 Å². The minimum Gasteiger partial charge on any atom is -0.507 e. The average molecular weight is 428 g/mol. The molecule has 1 aliphatic heterocycles. The van der Waals surface area contributed by atoms with E-state index in [4.69, 9.17) is 4.74 Å². The number of benzene rings is 2. The van der Waals surface area contributed by atoms with Crippen molar-refractivity contribution in [1.29, 1.82) is 0 Å². The van der Waals surface area contributed by atoms with Crippen LogP contribution in [0.25, 0.3) is 5.76 Å². The molecule has 0 saturated carbocycles. The van der Waals surface area contributed by atoms with Gasteiger partial charge in [-0.15, -0.1) is 0 Å². The third kappa shape index (κ3) is 3.87. The summed E-state index contributed by atoms with van der Waals surface area (Å²) < 4.78 is 5.36. The van der Waals surface area contributed by atoms with E-state index in [1.54, 1.807) is 49.8 Å². The minimum atomic E-state index is -0.752. The van der Waals surface area contributed by atoms with Gasteiger partial charge in [-0.05, 0) is 60.9 Å². The van der Waals surface area contributed by atoms with Crippen LogP contribution < -0.4 is 4.74 Å². The Morgan fingerprint density at radius 2 is 1.81 bits per heavy atom. The Hall–Kier alpha value is -3.93. The number of nitrogens with zero attached hydrogens (tertiary/aromatic N) is 2. The van der Waals surface area contributed by atoms with Crippen molar-refractivity contribution >= 4 is 17.4 Å². The predicted octanol–water partition coefficient (Wildman–Crippen LogP) is 4.33. The number of aliphatic hydroxyl groups is 1. The van der Waals surface area contributed by atoms with Gasteiger partial charge in [-0.2, -0.15) is 0 Å². The van der Waals surface area contributed by atoms with E-state index >= 15 is 0 Å². The van der Waals surface area contributed by atoms with Crippen molar-refractivity contribution in [2.75, 3.05) is 7.11 Å². The number of ether oxygens (including phenoxy) is 1. The van der Waals surface area contributed by atoms with Crippen LogP contribution in [0.5, 0.6) is 5.75 Å². The van der Waals surface area contributed by atoms with Crippen molar-refractivity contribution in [3.63, 3.8) is 0 Å². The van der Waals surface area contributed by atoms with Crippen molar-refractivity contribution < 1.29 is 19.4 Å². The highest BCUT2D eigenvalue weighted by molar-refractivity contribution is 6.46. The number of amides is 1. The summed E-state index contributed by atoms with van der Waals surface area (Å²) in [4.78, 5) is 31.8. The van der Waals surface area contributed by atoms with Crippen molar-refractivity contribution in [2.24, 2.45) is 0 Å². The van der Waals surface area contributed by atoms with Gasteiger partial charge < -0.3 is 14.7 Å². The highest BCUT2D eigenvalue weighted by atomic mass is 16.5. The Morgan fingerprint density at radius 1 is 1.06 bits per heavy atom. The summed E-state index contributed by atoms with van der Waals surface area (Å²) >= 11 is 0. The monoisotopic (exact) mass is 428 g/mol. The molecule has 6 nitrogen and oxygen atoms in total. The SMILES string of the molecule is COc1cccc(C2C(=C(O)c3cc(C)ccc3C)C(=O)C(=O)N2Cc2ccncc2)c1. The highest BCUT2D eigenvalue weighted by Crippen LogP contribution is 2.41. The maximum absolute atomic E-state index is 13.2. The van der Waals surface area contributed by atoms with E-state index in [1.165, 1.54) is 4.90 Å². The molecule has 2 aromatic carbocycles. The molecule has 1 saturated heterocycles. The van der Waals surface area contributed by atoms with Crippen LogP contribution in [0.2, 0.25) is 0 Å². The van der Waals surface area contributed by atoms with Crippen molar-refractivity contribution in [1.82, 2.24) is 9.88 Å². The first-order valence-corrected chi connectivity index (χ1v) is 10.3. The van der Waals surface area contributed by atoms with Gasteiger partial charge in [0.25, 0.3) is 11.7 Å². The van der Waals surface area contributed by atoms with Crippen LogP contribution in [-0.2, 0) is 16.1 Å². The number of carbonyl (C=O) groups excluding carboxylic acids is 2. The van der Waals surface area contributed by atoms with Crippen molar-refractivity contribution in [2.45, 2.75) is 26.4 Å². The number of aromatic nitrogens is 1. The Labute approximate surface area is 186 Å². The normalized spacial score (nSPS) is 17.6. The molecule has 162 valence electrons. The molecule has 0 radical (unpaired) electrons. The summed E-state index contributed by atoms with van der Waals surface area (Å²) in [7, 11) is 1.56. The first-order chi connectivity index (χ1) is 15.4. The fourth-order valence-electron chi connectivity index (χ4n) is 4.02. The predicted molar refractivity (Wildman–Crippen MR) is 121 cm³/mol. The molecule has 1 aromatic heterocycles. The summed E-state index contributed by atoms with van der Waals surface area (Å²) in [6.45, 7) is 3.98. The number of hydrogen-bond donors (Lipinski definition) is 1. The van der Waals surface area contributed by atoms with Crippen molar-refractivity contribution in [3.8, 4) is 5.75 Å². The van der Waals surface area contributed by atoms with Gasteiger partial charge in [0.15, 0.2) is 0 Å². The smallest absolute Gasteiger partial charge is 0.295 e. The zero-order chi connectivity index (χ0) is 22.8. The van der Waals surface area contributed by atoms with E-state index in [1.807, 2.05) is 38.1 Å². The van der Waals surface area contributed by atoms with Crippen LogP contribution in [0.3, 0.4) is 0 Å². The fraction of sp³-hybridized carbons (Fsp3) is 0.192. The van der Waals surface area contributed by atoms with Crippen LogP contribution in [-0.4, -0.2) is 33.8 Å². The van der Waals surface area contributed by atoms with E-state index in [-0.39, 0.29) is 17.9 Å². The highest BCUT2D eigenvalue weighted by Gasteiger charge is 2.46. The second-order valence-electron chi connectivity index (χ2n) is 7.88. The quantitative estimate of drug-likeness (QED) is 0.372. The largest absolute Gasteiger partial charge is 0.507 e. The number of Topliss-reactive ketones (excluding diaryl/α,β-unsaturated/α-hetero) is 1. The number of carbonyl (C=O) groups is 2. The van der Waals surface area contributed by atoms with Crippen LogP contribution in [0.15, 0.2) is 72.6 Å². The molecular formula is C26H24N2O4. The van der Waals surface area contributed by atoms with Crippen LogP contribution in [0.4, 0.5) is 0 Å². The molecule has 4 rings (SSSR count). The molecule has 0 spiro atoms. The first-order valence-electron chi connectivity index (χ1n) is 10.3. The van der Waals surface area contributed by atoms with Gasteiger partial charge in [-0.1, -0.05) is 29.8 Å². The van der Waals surface area contributed by atoms with Gasteiger partial charge in [-0.3, -0.25) is 14.6 Å². The summed E-state index contributed by atoms with van der Waals surface area (Å²) in [5.74, 6) is -0.926. The van der Waals surface area contributed by atoms with Gasteiger partial charge in [0, 0.05) is 24.5 Å². The molecule has 1 atom stereocenters. The topological polar surface area (TPSA) is 79.7 Å². The maximum Gasteiger partial charge on any atom is 0.295 e. The Balaban J connectivity index is 1.91. The number of rotatable bonds is 5. The van der Waals surface area contributed by atoms with Crippen molar-refractivity contribution in [3.05, 3.63) is 100 Å². The van der Waals surface area contributed by atoms with Crippen LogP contribution >= 0.6 is 0 Å². The molecule has 2 heterocycles. The molecule has 1 N–H and O–H groups in total. The molecule has 6 heteroatoms. The van der Waals surface area contributed by atoms with E-state index in [9.17, 15) is 14.7 Å². The lowest BCUT2D eigenvalue weighted by Gasteiger charge is -2.26. The third-order valence-corrected chi connectivity index (χ3v) is 5.70. The van der Waals surface area contributed by atoms with Gasteiger partial charge in [-0.25, -0.2) is 0 Å². The number of aryl methyl sites for hydroxylation is 2. The lowest BCUT2D eigenvalue weighted by Crippen LogP contribution is -2.29. The molecular weight excluding hydrogens is 404 g/mol. The zero-order valence-corrected chi connectivity index (χ0v) is 18.2. The maximum atomic E-state index is 13.2. The minimum absolute atomic E-state index is 0.0750. The van der Waals surface area contributed by atoms with Gasteiger partial charge in [0.1, 0.15) is 11.5 Å². The zero-order valence-electron chi connectivity index (χ0n) is 18.2. The fourth-order valence-corrected chi connectivity index (χ4v) is 4.02. The first kappa shape index (κ1) is 21.3. The van der Waals surface area contributed by atoms with Gasteiger partial charge in [0.05, 0.1) is 18.7 Å². The number of pyridine rings is 1. The van der Waals surface area contributed by atoms with E-state index in [0.29, 0.717) is 16.9 Å². The Kier molecular flexibility index (Phi) is 5.77. The Bertz CT molecular complexity index is 1220. The molecule has 0 aliphatic carbocycles. The third-order valence-electron chi connectivity index (χ3n) is 5.70. The molecule has 3 aromatic rings. The number of aliphatic hydroxyl groups excluding tert-OH is 1. The number of methoxy groups -OCH3 is 1.